The zero-order valence-corrected chi connectivity index (χ0v) is 12.2. The molecule has 1 amide bonds. The summed E-state index contributed by atoms with van der Waals surface area (Å²) < 4.78 is 10.8. The quantitative estimate of drug-likeness (QED) is 0.547. The Balaban J connectivity index is 3.09. The molecule has 0 aromatic rings. The second-order valence-electron chi connectivity index (χ2n) is 4.86. The van der Waals surface area contributed by atoms with E-state index in [4.69, 9.17) is 9.47 Å². The summed E-state index contributed by atoms with van der Waals surface area (Å²) in [6, 6.07) is 0. The Morgan fingerprint density at radius 2 is 1.78 bits per heavy atom. The topological polar surface area (TPSA) is 47.6 Å². The third-order valence-corrected chi connectivity index (χ3v) is 2.54. The van der Waals surface area contributed by atoms with Crippen LogP contribution >= 0.6 is 0 Å². The van der Waals surface area contributed by atoms with Gasteiger partial charge in [0, 0.05) is 19.6 Å². The van der Waals surface area contributed by atoms with Crippen molar-refractivity contribution in [1.82, 2.24) is 5.32 Å². The Labute approximate surface area is 111 Å². The van der Waals surface area contributed by atoms with Crippen LogP contribution in [0.15, 0.2) is 0 Å². The van der Waals surface area contributed by atoms with Gasteiger partial charge >= 0.3 is 0 Å². The van der Waals surface area contributed by atoms with Crippen LogP contribution in [0.25, 0.3) is 0 Å². The van der Waals surface area contributed by atoms with E-state index in [9.17, 15) is 4.79 Å². The molecule has 0 aromatic carbocycles. The lowest BCUT2D eigenvalue weighted by molar-refractivity contribution is -0.121. The van der Waals surface area contributed by atoms with Gasteiger partial charge in [-0.15, -0.1) is 0 Å². The minimum atomic E-state index is 0.119. The highest BCUT2D eigenvalue weighted by atomic mass is 16.5. The van der Waals surface area contributed by atoms with Crippen LogP contribution in [0.5, 0.6) is 0 Å². The normalized spacial score (nSPS) is 10.9. The second kappa shape index (κ2) is 12.8. The molecule has 0 atom stereocenters. The highest BCUT2D eigenvalue weighted by molar-refractivity contribution is 5.75. The van der Waals surface area contributed by atoms with Gasteiger partial charge in [0.15, 0.2) is 0 Å². The maximum Gasteiger partial charge on any atom is 0.220 e. The van der Waals surface area contributed by atoms with E-state index in [1.165, 1.54) is 0 Å². The fourth-order valence-corrected chi connectivity index (χ4v) is 1.33. The van der Waals surface area contributed by atoms with E-state index in [0.717, 1.165) is 25.9 Å². The zero-order valence-electron chi connectivity index (χ0n) is 12.2. The largest absolute Gasteiger partial charge is 0.379 e. The van der Waals surface area contributed by atoms with E-state index in [1.807, 2.05) is 0 Å². The number of nitrogens with one attached hydrogen (secondary N) is 1. The van der Waals surface area contributed by atoms with Gasteiger partial charge in [0.25, 0.3) is 0 Å². The van der Waals surface area contributed by atoms with Crippen molar-refractivity contribution in [2.45, 2.75) is 46.5 Å². The highest BCUT2D eigenvalue weighted by Gasteiger charge is 1.98. The minimum absolute atomic E-state index is 0.119. The molecule has 0 spiro atoms. The van der Waals surface area contributed by atoms with E-state index in [0.29, 0.717) is 38.7 Å². The Morgan fingerprint density at radius 1 is 1.11 bits per heavy atom. The Morgan fingerprint density at radius 3 is 2.39 bits per heavy atom. The van der Waals surface area contributed by atoms with Gasteiger partial charge < -0.3 is 14.8 Å². The van der Waals surface area contributed by atoms with Crippen LogP contribution in [-0.2, 0) is 14.3 Å². The number of hydrogen-bond acceptors (Lipinski definition) is 3. The molecule has 4 heteroatoms. The monoisotopic (exact) mass is 259 g/mol. The molecule has 0 saturated heterocycles. The lowest BCUT2D eigenvalue weighted by Crippen LogP contribution is -2.27. The Bertz CT molecular complexity index is 195. The summed E-state index contributed by atoms with van der Waals surface area (Å²) in [6.45, 7) is 9.63. The molecule has 18 heavy (non-hydrogen) atoms. The molecule has 0 aliphatic heterocycles. The third kappa shape index (κ3) is 13.5. The fourth-order valence-electron chi connectivity index (χ4n) is 1.33. The first kappa shape index (κ1) is 17.4. The molecule has 0 aliphatic rings. The van der Waals surface area contributed by atoms with Crippen LogP contribution in [0.4, 0.5) is 0 Å². The number of hydrogen-bond donors (Lipinski definition) is 1. The summed E-state index contributed by atoms with van der Waals surface area (Å²) in [7, 11) is 0. The van der Waals surface area contributed by atoms with E-state index >= 15 is 0 Å². The van der Waals surface area contributed by atoms with Crippen LogP contribution < -0.4 is 5.32 Å². The molecule has 0 aromatic heterocycles. The molecule has 108 valence electrons. The highest BCUT2D eigenvalue weighted by Crippen LogP contribution is 1.98. The van der Waals surface area contributed by atoms with Crippen LogP contribution in [-0.4, -0.2) is 38.9 Å². The van der Waals surface area contributed by atoms with E-state index in [2.05, 4.69) is 26.1 Å². The van der Waals surface area contributed by atoms with Crippen LogP contribution in [0.3, 0.4) is 0 Å². The number of ether oxygens (including phenoxy) is 2. The van der Waals surface area contributed by atoms with Crippen molar-refractivity contribution in [2.24, 2.45) is 5.92 Å². The molecular formula is C14H29NO3. The summed E-state index contributed by atoms with van der Waals surface area (Å²) in [5.41, 5.74) is 0. The first-order valence-electron chi connectivity index (χ1n) is 7.09. The minimum Gasteiger partial charge on any atom is -0.379 e. The number of amides is 1. The first-order chi connectivity index (χ1) is 8.66. The standard InChI is InChI=1S/C14H29NO3/c1-4-5-6-14(16)15-8-10-18-12-11-17-9-7-13(2)3/h13H,4-12H2,1-3H3,(H,15,16). The predicted molar refractivity (Wildman–Crippen MR) is 73.6 cm³/mol. The number of rotatable bonds is 12. The molecule has 0 fully saturated rings. The predicted octanol–water partition coefficient (Wildman–Crippen LogP) is 2.37. The molecule has 1 N–H and O–H groups in total. The first-order valence-corrected chi connectivity index (χ1v) is 7.09. The van der Waals surface area contributed by atoms with Gasteiger partial charge in [-0.25, -0.2) is 0 Å². The number of unbranched alkanes of at least 4 members (excludes halogenated alkanes) is 1. The lowest BCUT2D eigenvalue weighted by Gasteiger charge is -2.08. The van der Waals surface area contributed by atoms with Gasteiger partial charge in [-0.1, -0.05) is 27.2 Å². The molecule has 0 heterocycles. The van der Waals surface area contributed by atoms with Crippen LogP contribution in [0.1, 0.15) is 46.5 Å². The molecule has 0 saturated carbocycles. The van der Waals surface area contributed by atoms with Gasteiger partial charge in [0.05, 0.1) is 19.8 Å². The average Bonchev–Trinajstić information content (AvgIpc) is 2.34. The Kier molecular flexibility index (Phi) is 12.4. The second-order valence-corrected chi connectivity index (χ2v) is 4.86. The van der Waals surface area contributed by atoms with Gasteiger partial charge in [-0.3, -0.25) is 4.79 Å². The molecule has 0 bridgehead atoms. The van der Waals surface area contributed by atoms with Gasteiger partial charge in [-0.05, 0) is 18.8 Å². The molecule has 0 unspecified atom stereocenters. The molecular weight excluding hydrogens is 230 g/mol. The maximum absolute atomic E-state index is 11.2. The molecule has 4 nitrogen and oxygen atoms in total. The SMILES string of the molecule is CCCCC(=O)NCCOCCOCCC(C)C. The summed E-state index contributed by atoms with van der Waals surface area (Å²) in [6.07, 6.45) is 3.72. The van der Waals surface area contributed by atoms with Crippen molar-refractivity contribution in [2.75, 3.05) is 33.0 Å². The van der Waals surface area contributed by atoms with Gasteiger partial charge in [0.2, 0.25) is 5.91 Å². The average molecular weight is 259 g/mol. The molecule has 0 aliphatic carbocycles. The van der Waals surface area contributed by atoms with Crippen molar-refractivity contribution >= 4 is 5.91 Å². The zero-order chi connectivity index (χ0) is 13.6. The summed E-state index contributed by atoms with van der Waals surface area (Å²) in [4.78, 5) is 11.2. The summed E-state index contributed by atoms with van der Waals surface area (Å²) in [5.74, 6) is 0.804. The molecule has 0 rings (SSSR count). The van der Waals surface area contributed by atoms with Crippen molar-refractivity contribution in [1.29, 1.82) is 0 Å². The summed E-state index contributed by atoms with van der Waals surface area (Å²) >= 11 is 0. The third-order valence-electron chi connectivity index (χ3n) is 2.54. The van der Waals surface area contributed by atoms with E-state index in [1.54, 1.807) is 0 Å². The van der Waals surface area contributed by atoms with E-state index < -0.39 is 0 Å². The van der Waals surface area contributed by atoms with Crippen LogP contribution in [0, 0.1) is 5.92 Å². The lowest BCUT2D eigenvalue weighted by atomic mass is 10.1. The van der Waals surface area contributed by atoms with Crippen molar-refractivity contribution in [3.63, 3.8) is 0 Å². The van der Waals surface area contributed by atoms with Gasteiger partial charge in [-0.2, -0.15) is 0 Å². The summed E-state index contributed by atoms with van der Waals surface area (Å²) in [5, 5.41) is 2.83. The van der Waals surface area contributed by atoms with E-state index in [-0.39, 0.29) is 5.91 Å². The van der Waals surface area contributed by atoms with Crippen molar-refractivity contribution in [3.8, 4) is 0 Å². The number of carbonyl (C=O) groups excluding carboxylic acids is 1. The van der Waals surface area contributed by atoms with Crippen LogP contribution in [0.2, 0.25) is 0 Å². The number of carbonyl (C=O) groups is 1. The van der Waals surface area contributed by atoms with Crippen molar-refractivity contribution < 1.29 is 14.3 Å². The maximum atomic E-state index is 11.2. The van der Waals surface area contributed by atoms with Crippen molar-refractivity contribution in [3.05, 3.63) is 0 Å². The smallest absolute Gasteiger partial charge is 0.220 e. The molecule has 0 radical (unpaired) electrons. The Hall–Kier alpha value is -0.610. The fraction of sp³-hybridized carbons (Fsp3) is 0.929. The van der Waals surface area contributed by atoms with Gasteiger partial charge in [0.1, 0.15) is 0 Å².